The van der Waals surface area contributed by atoms with Gasteiger partial charge in [-0.15, -0.1) is 0 Å². The van der Waals surface area contributed by atoms with E-state index in [1.165, 1.54) is 0 Å². The van der Waals surface area contributed by atoms with E-state index < -0.39 is 0 Å². The summed E-state index contributed by atoms with van der Waals surface area (Å²) in [7, 11) is 3.75. The Bertz CT molecular complexity index is 432. The maximum atomic E-state index is 12.2. The summed E-state index contributed by atoms with van der Waals surface area (Å²) in [4.78, 5) is 14.0. The van der Waals surface area contributed by atoms with E-state index in [2.05, 4.69) is 5.32 Å². The quantitative estimate of drug-likeness (QED) is 0.817. The third kappa shape index (κ3) is 2.64. The topological polar surface area (TPSA) is 41.6 Å². The number of ether oxygens (including phenoxy) is 1. The van der Waals surface area contributed by atoms with Crippen molar-refractivity contribution in [1.29, 1.82) is 0 Å². The number of benzene rings is 1. The number of nitrogens with zero attached hydrogens (tertiary/aromatic N) is 1. The van der Waals surface area contributed by atoms with Gasteiger partial charge in [-0.3, -0.25) is 4.79 Å². The second-order valence-electron chi connectivity index (χ2n) is 4.56. The molecule has 0 saturated carbocycles. The van der Waals surface area contributed by atoms with E-state index >= 15 is 0 Å². The highest BCUT2D eigenvalue weighted by molar-refractivity contribution is 5.96. The Morgan fingerprint density at radius 1 is 1.44 bits per heavy atom. The Balaban J connectivity index is 2.25. The predicted octanol–water partition coefficient (Wildman–Crippen LogP) is 1.30. The molecule has 4 nitrogen and oxygen atoms in total. The molecule has 0 aromatic heterocycles. The van der Waals surface area contributed by atoms with Crippen molar-refractivity contribution < 1.29 is 9.53 Å². The second kappa shape index (κ2) is 5.87. The number of fused-ring (bicyclic) bond motifs is 1. The zero-order valence-electron chi connectivity index (χ0n) is 11.0. The van der Waals surface area contributed by atoms with Crippen LogP contribution in [0.25, 0.3) is 0 Å². The third-order valence-corrected chi connectivity index (χ3v) is 3.24. The average Bonchev–Trinajstić information content (AvgIpc) is 2.52. The highest BCUT2D eigenvalue weighted by atomic mass is 16.5. The van der Waals surface area contributed by atoms with E-state index in [1.54, 1.807) is 4.90 Å². The van der Waals surface area contributed by atoms with Crippen LogP contribution < -0.4 is 10.1 Å². The zero-order chi connectivity index (χ0) is 13.0. The highest BCUT2D eigenvalue weighted by Crippen LogP contribution is 2.27. The first kappa shape index (κ1) is 12.9. The van der Waals surface area contributed by atoms with Crippen molar-refractivity contribution >= 4 is 5.91 Å². The molecule has 18 heavy (non-hydrogen) atoms. The number of hydrogen-bond donors (Lipinski definition) is 1. The highest BCUT2D eigenvalue weighted by Gasteiger charge is 2.21. The van der Waals surface area contributed by atoms with Gasteiger partial charge >= 0.3 is 0 Å². The maximum Gasteiger partial charge on any atom is 0.254 e. The van der Waals surface area contributed by atoms with E-state index in [1.807, 2.05) is 32.3 Å². The summed E-state index contributed by atoms with van der Waals surface area (Å²) in [6.07, 6.45) is 1.89. The molecule has 2 rings (SSSR count). The van der Waals surface area contributed by atoms with Crippen molar-refractivity contribution in [3.8, 4) is 5.75 Å². The molecule has 98 valence electrons. The van der Waals surface area contributed by atoms with Crippen LogP contribution in [0.2, 0.25) is 0 Å². The van der Waals surface area contributed by atoms with Crippen LogP contribution in [-0.4, -0.2) is 44.6 Å². The Kier molecular flexibility index (Phi) is 4.20. The van der Waals surface area contributed by atoms with E-state index in [0.29, 0.717) is 6.61 Å². The van der Waals surface area contributed by atoms with Crippen molar-refractivity contribution in [2.45, 2.75) is 12.8 Å². The smallest absolute Gasteiger partial charge is 0.254 e. The van der Waals surface area contributed by atoms with Crippen LogP contribution in [0.15, 0.2) is 18.2 Å². The normalized spacial score (nSPS) is 15.2. The zero-order valence-corrected chi connectivity index (χ0v) is 11.0. The molecule has 0 aliphatic carbocycles. The van der Waals surface area contributed by atoms with Gasteiger partial charge in [0.25, 0.3) is 5.91 Å². The van der Waals surface area contributed by atoms with Gasteiger partial charge in [0.2, 0.25) is 0 Å². The molecule has 0 atom stereocenters. The Morgan fingerprint density at radius 2 is 2.28 bits per heavy atom. The lowest BCUT2D eigenvalue weighted by atomic mass is 10.0. The predicted molar refractivity (Wildman–Crippen MR) is 71.1 cm³/mol. The fraction of sp³-hybridized carbons (Fsp3) is 0.500. The van der Waals surface area contributed by atoms with Crippen LogP contribution in [0, 0.1) is 0 Å². The molecule has 0 radical (unpaired) electrons. The number of likely N-dealkylation sites (N-methyl/N-ethyl adjacent to an activating group) is 1. The summed E-state index contributed by atoms with van der Waals surface area (Å²) < 4.78 is 5.75. The summed E-state index contributed by atoms with van der Waals surface area (Å²) in [5, 5.41) is 3.05. The molecule has 0 spiro atoms. The molecule has 1 amide bonds. The van der Waals surface area contributed by atoms with Crippen molar-refractivity contribution in [3.05, 3.63) is 29.3 Å². The molecule has 0 fully saturated rings. The van der Waals surface area contributed by atoms with Crippen LogP contribution in [0.5, 0.6) is 5.75 Å². The third-order valence-electron chi connectivity index (χ3n) is 3.24. The molecule has 1 N–H and O–H groups in total. The van der Waals surface area contributed by atoms with Gasteiger partial charge in [-0.25, -0.2) is 0 Å². The molecule has 1 aromatic carbocycles. The number of amides is 1. The van der Waals surface area contributed by atoms with Crippen molar-refractivity contribution in [3.63, 3.8) is 0 Å². The van der Waals surface area contributed by atoms with Gasteiger partial charge in [-0.05, 0) is 32.0 Å². The van der Waals surface area contributed by atoms with Crippen LogP contribution in [0.1, 0.15) is 22.3 Å². The average molecular weight is 248 g/mol. The van der Waals surface area contributed by atoms with Crippen molar-refractivity contribution in [2.75, 3.05) is 33.8 Å². The molecule has 0 saturated heterocycles. The van der Waals surface area contributed by atoms with Gasteiger partial charge in [0.1, 0.15) is 12.4 Å². The Hall–Kier alpha value is -1.55. The van der Waals surface area contributed by atoms with Crippen LogP contribution in [-0.2, 0) is 6.42 Å². The fourth-order valence-electron chi connectivity index (χ4n) is 2.22. The molecule has 0 bridgehead atoms. The lowest BCUT2D eigenvalue weighted by molar-refractivity contribution is 0.0800. The molecule has 1 aliphatic rings. The van der Waals surface area contributed by atoms with Crippen molar-refractivity contribution in [1.82, 2.24) is 10.2 Å². The van der Waals surface area contributed by atoms with E-state index in [-0.39, 0.29) is 5.91 Å². The summed E-state index contributed by atoms with van der Waals surface area (Å²) in [6, 6.07) is 5.74. The van der Waals surface area contributed by atoms with E-state index in [9.17, 15) is 4.79 Å². The summed E-state index contributed by atoms with van der Waals surface area (Å²) in [6.45, 7) is 2.23. The van der Waals surface area contributed by atoms with Gasteiger partial charge < -0.3 is 15.0 Å². The van der Waals surface area contributed by atoms with Crippen molar-refractivity contribution in [2.24, 2.45) is 0 Å². The number of nitrogens with one attached hydrogen (secondary N) is 1. The van der Waals surface area contributed by atoms with E-state index in [0.717, 1.165) is 42.8 Å². The SMILES string of the molecule is CNCCOc1cccc2c1CCCN(C)C2=O. The monoisotopic (exact) mass is 248 g/mol. The van der Waals surface area contributed by atoms with Gasteiger partial charge in [0.15, 0.2) is 0 Å². The summed E-state index contributed by atoms with van der Waals surface area (Å²) in [5.41, 5.74) is 1.85. The lowest BCUT2D eigenvalue weighted by Crippen LogP contribution is -2.26. The molecule has 1 aromatic rings. The first-order valence-corrected chi connectivity index (χ1v) is 6.39. The summed E-state index contributed by atoms with van der Waals surface area (Å²) >= 11 is 0. The first-order valence-electron chi connectivity index (χ1n) is 6.39. The van der Waals surface area contributed by atoms with E-state index in [4.69, 9.17) is 4.74 Å². The minimum absolute atomic E-state index is 0.0987. The maximum absolute atomic E-state index is 12.2. The molecule has 1 heterocycles. The molecular weight excluding hydrogens is 228 g/mol. The van der Waals surface area contributed by atoms with Crippen LogP contribution in [0.4, 0.5) is 0 Å². The van der Waals surface area contributed by atoms with Gasteiger partial charge in [-0.1, -0.05) is 6.07 Å². The summed E-state index contributed by atoms with van der Waals surface area (Å²) in [5.74, 6) is 0.952. The molecule has 4 heteroatoms. The Labute approximate surface area is 108 Å². The Morgan fingerprint density at radius 3 is 3.06 bits per heavy atom. The van der Waals surface area contributed by atoms with Gasteiger partial charge in [-0.2, -0.15) is 0 Å². The molecule has 1 aliphatic heterocycles. The second-order valence-corrected chi connectivity index (χ2v) is 4.56. The minimum atomic E-state index is 0.0987. The van der Waals surface area contributed by atoms with Crippen LogP contribution >= 0.6 is 0 Å². The number of carbonyl (C=O) groups excluding carboxylic acids is 1. The van der Waals surface area contributed by atoms with Crippen LogP contribution in [0.3, 0.4) is 0 Å². The number of rotatable bonds is 4. The number of hydrogen-bond acceptors (Lipinski definition) is 3. The fourth-order valence-corrected chi connectivity index (χ4v) is 2.22. The molecular formula is C14H20N2O2. The first-order chi connectivity index (χ1) is 8.74. The van der Waals surface area contributed by atoms with Gasteiger partial charge in [0, 0.05) is 31.3 Å². The largest absolute Gasteiger partial charge is 0.492 e. The molecule has 0 unspecified atom stereocenters. The minimum Gasteiger partial charge on any atom is -0.492 e. The number of carbonyl (C=O) groups is 1. The lowest BCUT2D eigenvalue weighted by Gasteiger charge is -2.15. The standard InChI is InChI=1S/C14H20N2O2/c1-15-8-10-18-13-7-3-5-12-11(13)6-4-9-16(2)14(12)17/h3,5,7,15H,4,6,8-10H2,1-2H3. The van der Waals surface area contributed by atoms with Gasteiger partial charge in [0.05, 0.1) is 0 Å².